The molecule has 0 bridgehead atoms. The number of hydrogen-bond acceptors (Lipinski definition) is 0. The molecule has 0 amide bonds. The van der Waals surface area contributed by atoms with Crippen molar-refractivity contribution in [2.24, 2.45) is 0 Å². The van der Waals surface area contributed by atoms with E-state index in [2.05, 4.69) is 0 Å². The zero-order chi connectivity index (χ0) is 14.3. The number of aryl methyl sites for hydroxylation is 1. The molecule has 0 radical (unpaired) electrons. The third-order valence-corrected chi connectivity index (χ3v) is 2.67. The van der Waals surface area contributed by atoms with Gasteiger partial charge in [-0.15, -0.1) is 0 Å². The highest BCUT2D eigenvalue weighted by Crippen LogP contribution is 2.32. The van der Waals surface area contributed by atoms with Crippen LogP contribution in [0.4, 0.5) is 26.3 Å². The Balaban J connectivity index is 2.79. The molecule has 2 rings (SSSR count). The van der Waals surface area contributed by atoms with Gasteiger partial charge in [-0.3, -0.25) is 0 Å². The van der Waals surface area contributed by atoms with Crippen molar-refractivity contribution in [2.45, 2.75) is 6.92 Å². The van der Waals surface area contributed by atoms with E-state index >= 15 is 0 Å². The summed E-state index contributed by atoms with van der Waals surface area (Å²) in [6.45, 7) is 1.40. The van der Waals surface area contributed by atoms with Gasteiger partial charge in [-0.2, -0.15) is 0 Å². The van der Waals surface area contributed by atoms with Crippen LogP contribution in [0.5, 0.6) is 0 Å². The Labute approximate surface area is 104 Å². The topological polar surface area (TPSA) is 0 Å². The number of halogens is 6. The van der Waals surface area contributed by atoms with Crippen molar-refractivity contribution in [1.29, 1.82) is 0 Å². The molecule has 0 fully saturated rings. The average molecular weight is 276 g/mol. The second kappa shape index (κ2) is 4.60. The first-order valence-electron chi connectivity index (χ1n) is 5.12. The van der Waals surface area contributed by atoms with Gasteiger partial charge in [0.1, 0.15) is 5.82 Å². The van der Waals surface area contributed by atoms with Crippen molar-refractivity contribution in [1.82, 2.24) is 0 Å². The van der Waals surface area contributed by atoms with E-state index in [9.17, 15) is 26.3 Å². The Bertz CT molecular complexity index is 634. The van der Waals surface area contributed by atoms with E-state index in [1.54, 1.807) is 0 Å². The Kier molecular flexibility index (Phi) is 3.26. The largest absolute Gasteiger partial charge is 0.207 e. The zero-order valence-electron chi connectivity index (χ0n) is 9.50. The molecule has 0 spiro atoms. The summed E-state index contributed by atoms with van der Waals surface area (Å²) in [4.78, 5) is 0. The summed E-state index contributed by atoms with van der Waals surface area (Å²) in [5.41, 5.74) is -1.38. The minimum atomic E-state index is -2.24. The lowest BCUT2D eigenvalue weighted by molar-refractivity contribution is 0.381. The summed E-state index contributed by atoms with van der Waals surface area (Å²) in [7, 11) is 0. The van der Waals surface area contributed by atoms with Crippen molar-refractivity contribution >= 4 is 0 Å². The van der Waals surface area contributed by atoms with E-state index in [4.69, 9.17) is 0 Å². The summed E-state index contributed by atoms with van der Waals surface area (Å²) >= 11 is 0. The Morgan fingerprint density at radius 2 is 1.16 bits per heavy atom. The molecule has 0 unspecified atom stereocenters. The summed E-state index contributed by atoms with van der Waals surface area (Å²) in [5, 5.41) is 0. The van der Waals surface area contributed by atoms with Crippen molar-refractivity contribution in [3.8, 4) is 11.1 Å². The fourth-order valence-corrected chi connectivity index (χ4v) is 1.61. The highest BCUT2D eigenvalue weighted by Gasteiger charge is 2.26. The Hall–Kier alpha value is -1.98. The molecule has 0 saturated carbocycles. The van der Waals surface area contributed by atoms with Gasteiger partial charge < -0.3 is 0 Å². The third-order valence-electron chi connectivity index (χ3n) is 2.67. The smallest absolute Gasteiger partial charge is 0.200 e. The molecular formula is C13H6F6. The van der Waals surface area contributed by atoms with E-state index < -0.39 is 46.0 Å². The minimum Gasteiger partial charge on any atom is -0.207 e. The van der Waals surface area contributed by atoms with Crippen molar-refractivity contribution < 1.29 is 26.3 Å². The second-order valence-electron chi connectivity index (χ2n) is 3.91. The van der Waals surface area contributed by atoms with Gasteiger partial charge in [0.05, 0.1) is 5.56 Å². The van der Waals surface area contributed by atoms with Gasteiger partial charge in [-0.25, -0.2) is 26.3 Å². The van der Waals surface area contributed by atoms with Crippen LogP contribution in [0.1, 0.15) is 5.56 Å². The van der Waals surface area contributed by atoms with Crippen molar-refractivity contribution in [3.05, 3.63) is 58.7 Å². The normalized spacial score (nSPS) is 10.9. The van der Waals surface area contributed by atoms with Gasteiger partial charge in [0.2, 0.25) is 5.82 Å². The van der Waals surface area contributed by atoms with E-state index in [1.165, 1.54) is 13.0 Å². The lowest BCUT2D eigenvalue weighted by Crippen LogP contribution is -2.04. The molecule has 6 heteroatoms. The molecule has 0 heterocycles. The lowest BCUT2D eigenvalue weighted by atomic mass is 10.0. The monoisotopic (exact) mass is 276 g/mol. The zero-order valence-corrected chi connectivity index (χ0v) is 9.50. The fraction of sp³-hybridized carbons (Fsp3) is 0.0769. The molecule has 0 saturated heterocycles. The molecule has 0 atom stereocenters. The highest BCUT2D eigenvalue weighted by atomic mass is 19.2. The van der Waals surface area contributed by atoms with Crippen LogP contribution in [-0.2, 0) is 0 Å². The van der Waals surface area contributed by atoms with Crippen LogP contribution < -0.4 is 0 Å². The second-order valence-corrected chi connectivity index (χ2v) is 3.91. The van der Waals surface area contributed by atoms with Gasteiger partial charge >= 0.3 is 0 Å². The molecule has 100 valence electrons. The van der Waals surface area contributed by atoms with Crippen molar-refractivity contribution in [3.63, 3.8) is 0 Å². The van der Waals surface area contributed by atoms with Gasteiger partial charge in [0.25, 0.3) is 0 Å². The Morgan fingerprint density at radius 3 is 1.63 bits per heavy atom. The minimum absolute atomic E-state index is 0.188. The SMILES string of the molecule is Cc1ccc(-c2c(F)c(F)c(F)c(F)c2F)cc1F. The Morgan fingerprint density at radius 1 is 0.684 bits per heavy atom. The first kappa shape index (κ1) is 13.5. The molecule has 19 heavy (non-hydrogen) atoms. The van der Waals surface area contributed by atoms with Gasteiger partial charge in [0, 0.05) is 0 Å². The van der Waals surface area contributed by atoms with Crippen LogP contribution in [0.25, 0.3) is 11.1 Å². The molecule has 0 aliphatic heterocycles. The standard InChI is InChI=1S/C13H6F6/c1-5-2-3-6(4-7(5)14)8-9(15)11(17)13(19)12(18)10(8)16/h2-4H,1H3. The lowest BCUT2D eigenvalue weighted by Gasteiger charge is -2.09. The molecule has 0 nitrogen and oxygen atoms in total. The van der Waals surface area contributed by atoms with Gasteiger partial charge in [0.15, 0.2) is 23.3 Å². The molecule has 0 N–H and O–H groups in total. The molecule has 0 aliphatic rings. The number of hydrogen-bond donors (Lipinski definition) is 0. The van der Waals surface area contributed by atoms with Crippen LogP contribution in [0, 0.1) is 41.8 Å². The summed E-state index contributed by atoms with van der Waals surface area (Å²) in [6, 6.07) is 2.98. The van der Waals surface area contributed by atoms with E-state index in [-0.39, 0.29) is 5.56 Å². The van der Waals surface area contributed by atoms with E-state index in [1.807, 2.05) is 0 Å². The molecule has 0 aliphatic carbocycles. The van der Waals surface area contributed by atoms with E-state index in [0.717, 1.165) is 6.07 Å². The van der Waals surface area contributed by atoms with Crippen molar-refractivity contribution in [2.75, 3.05) is 0 Å². The highest BCUT2D eigenvalue weighted by molar-refractivity contribution is 5.65. The number of benzene rings is 2. The predicted octanol–water partition coefficient (Wildman–Crippen LogP) is 4.50. The van der Waals surface area contributed by atoms with Gasteiger partial charge in [-0.1, -0.05) is 12.1 Å². The fourth-order valence-electron chi connectivity index (χ4n) is 1.61. The first-order chi connectivity index (χ1) is 8.84. The maximum atomic E-state index is 13.5. The molecule has 2 aromatic carbocycles. The average Bonchev–Trinajstić information content (AvgIpc) is 2.38. The van der Waals surface area contributed by atoms with Crippen LogP contribution in [-0.4, -0.2) is 0 Å². The quantitative estimate of drug-likeness (QED) is 0.409. The molecular weight excluding hydrogens is 270 g/mol. The van der Waals surface area contributed by atoms with Crippen LogP contribution in [0.3, 0.4) is 0 Å². The maximum Gasteiger partial charge on any atom is 0.200 e. The maximum absolute atomic E-state index is 13.5. The third kappa shape index (κ3) is 2.07. The van der Waals surface area contributed by atoms with Crippen LogP contribution in [0.2, 0.25) is 0 Å². The summed E-state index contributed by atoms with van der Waals surface area (Å²) < 4.78 is 79.1. The summed E-state index contributed by atoms with van der Waals surface area (Å²) in [5.74, 6) is -11.1. The number of rotatable bonds is 1. The van der Waals surface area contributed by atoms with E-state index in [0.29, 0.717) is 6.07 Å². The van der Waals surface area contributed by atoms with Gasteiger partial charge in [-0.05, 0) is 24.1 Å². The molecule has 2 aromatic rings. The van der Waals surface area contributed by atoms with Crippen LogP contribution in [0.15, 0.2) is 18.2 Å². The molecule has 0 aromatic heterocycles. The summed E-state index contributed by atoms with van der Waals surface area (Å²) in [6.07, 6.45) is 0. The predicted molar refractivity (Wildman–Crippen MR) is 56.4 cm³/mol. The first-order valence-corrected chi connectivity index (χ1v) is 5.12. The van der Waals surface area contributed by atoms with Crippen LogP contribution >= 0.6 is 0 Å².